The topological polar surface area (TPSA) is 62.7 Å². The second kappa shape index (κ2) is 7.00. The Morgan fingerprint density at radius 3 is 2.59 bits per heavy atom. The van der Waals surface area contributed by atoms with Gasteiger partial charge in [-0.15, -0.1) is 0 Å². The van der Waals surface area contributed by atoms with E-state index in [4.69, 9.17) is 0 Å². The number of halogens is 1. The van der Waals surface area contributed by atoms with Crippen LogP contribution in [0.1, 0.15) is 5.56 Å². The highest BCUT2D eigenvalue weighted by molar-refractivity contribution is 9.10. The van der Waals surface area contributed by atoms with Crippen LogP contribution in [0.4, 0.5) is 17.5 Å². The van der Waals surface area contributed by atoms with Crippen molar-refractivity contribution in [1.29, 1.82) is 0 Å². The van der Waals surface area contributed by atoms with Crippen LogP contribution in [0.5, 0.6) is 0 Å². The lowest BCUT2D eigenvalue weighted by Crippen LogP contribution is -2.05. The molecule has 3 aromatic rings. The minimum absolute atomic E-state index is 0.578. The zero-order valence-corrected chi connectivity index (χ0v) is 13.3. The average Bonchev–Trinajstić information content (AvgIpc) is 2.57. The lowest BCUT2D eigenvalue weighted by Gasteiger charge is -2.09. The van der Waals surface area contributed by atoms with Gasteiger partial charge in [0.25, 0.3) is 0 Å². The van der Waals surface area contributed by atoms with Crippen molar-refractivity contribution in [3.05, 3.63) is 71.1 Å². The zero-order chi connectivity index (χ0) is 15.2. The third kappa shape index (κ3) is 3.79. The number of aromatic nitrogens is 3. The summed E-state index contributed by atoms with van der Waals surface area (Å²) < 4.78 is 0.986. The molecule has 0 bridgehead atoms. The van der Waals surface area contributed by atoms with E-state index in [0.717, 1.165) is 21.5 Å². The Balaban J connectivity index is 1.69. The Bertz CT molecular complexity index is 748. The van der Waals surface area contributed by atoms with Gasteiger partial charge in [-0.2, -0.15) is 4.98 Å². The van der Waals surface area contributed by atoms with Crippen LogP contribution in [-0.4, -0.2) is 15.0 Å². The summed E-state index contributed by atoms with van der Waals surface area (Å²) in [4.78, 5) is 12.7. The number of benzene rings is 1. The summed E-state index contributed by atoms with van der Waals surface area (Å²) >= 11 is 3.51. The van der Waals surface area contributed by atoms with Crippen molar-refractivity contribution in [1.82, 2.24) is 15.0 Å². The Kier molecular flexibility index (Phi) is 4.60. The predicted octanol–water partition coefficient (Wildman–Crippen LogP) is 3.99. The molecule has 110 valence electrons. The van der Waals surface area contributed by atoms with Gasteiger partial charge >= 0.3 is 0 Å². The molecule has 1 aromatic carbocycles. The van der Waals surface area contributed by atoms with Gasteiger partial charge in [0.05, 0.1) is 5.69 Å². The highest BCUT2D eigenvalue weighted by Gasteiger charge is 2.02. The summed E-state index contributed by atoms with van der Waals surface area (Å²) in [5.41, 5.74) is 2.09. The number of nitrogens with one attached hydrogen (secondary N) is 2. The van der Waals surface area contributed by atoms with E-state index in [1.807, 2.05) is 42.5 Å². The molecule has 22 heavy (non-hydrogen) atoms. The van der Waals surface area contributed by atoms with Gasteiger partial charge < -0.3 is 10.6 Å². The molecule has 3 rings (SSSR count). The van der Waals surface area contributed by atoms with Crippen LogP contribution in [0.25, 0.3) is 0 Å². The lowest BCUT2D eigenvalue weighted by molar-refractivity contribution is 1.05. The van der Waals surface area contributed by atoms with Gasteiger partial charge in [0.2, 0.25) is 5.95 Å². The molecule has 0 aliphatic carbocycles. The van der Waals surface area contributed by atoms with Gasteiger partial charge in [-0.1, -0.05) is 12.1 Å². The molecule has 6 heteroatoms. The van der Waals surface area contributed by atoms with E-state index in [-0.39, 0.29) is 0 Å². The molecular weight excluding hydrogens is 342 g/mol. The van der Waals surface area contributed by atoms with Gasteiger partial charge in [-0.3, -0.25) is 4.98 Å². The predicted molar refractivity (Wildman–Crippen MR) is 91.0 cm³/mol. The third-order valence-electron chi connectivity index (χ3n) is 2.99. The van der Waals surface area contributed by atoms with Gasteiger partial charge in [0, 0.05) is 29.6 Å². The van der Waals surface area contributed by atoms with Gasteiger partial charge in [-0.05, 0) is 51.8 Å². The van der Waals surface area contributed by atoms with Gasteiger partial charge in [-0.25, -0.2) is 4.98 Å². The summed E-state index contributed by atoms with van der Waals surface area (Å²) in [5, 5.41) is 6.46. The molecule has 0 aliphatic rings. The highest BCUT2D eigenvalue weighted by Crippen LogP contribution is 2.24. The summed E-state index contributed by atoms with van der Waals surface area (Å²) in [7, 11) is 0. The molecular formula is C16H14BrN5. The smallest absolute Gasteiger partial charge is 0.224 e. The van der Waals surface area contributed by atoms with Crippen LogP contribution in [0.2, 0.25) is 0 Å². The van der Waals surface area contributed by atoms with E-state index in [1.165, 1.54) is 0 Å². The van der Waals surface area contributed by atoms with Crippen LogP contribution in [0, 0.1) is 0 Å². The summed E-state index contributed by atoms with van der Waals surface area (Å²) in [6, 6.07) is 13.6. The molecule has 0 aliphatic heterocycles. The van der Waals surface area contributed by atoms with E-state index in [0.29, 0.717) is 12.5 Å². The van der Waals surface area contributed by atoms with E-state index in [9.17, 15) is 0 Å². The molecule has 0 atom stereocenters. The molecule has 2 N–H and O–H groups in total. The number of hydrogen-bond donors (Lipinski definition) is 2. The number of anilines is 3. The average molecular weight is 356 g/mol. The van der Waals surface area contributed by atoms with Crippen LogP contribution in [0.15, 0.2) is 65.5 Å². The standard InChI is InChI=1S/C16H14BrN5/c17-13-3-1-2-4-14(13)21-15-7-10-19-16(22-15)20-11-12-5-8-18-9-6-12/h1-10H,11H2,(H2,19,20,21,22). The fourth-order valence-electron chi connectivity index (χ4n) is 1.90. The van der Waals surface area contributed by atoms with Crippen molar-refractivity contribution >= 4 is 33.4 Å². The van der Waals surface area contributed by atoms with Crippen LogP contribution < -0.4 is 10.6 Å². The summed E-state index contributed by atoms with van der Waals surface area (Å²) in [6.45, 7) is 0.654. The molecule has 0 saturated heterocycles. The minimum atomic E-state index is 0.578. The molecule has 0 saturated carbocycles. The summed E-state index contributed by atoms with van der Waals surface area (Å²) in [5.74, 6) is 1.31. The minimum Gasteiger partial charge on any atom is -0.350 e. The fourth-order valence-corrected chi connectivity index (χ4v) is 2.28. The molecule has 0 radical (unpaired) electrons. The van der Waals surface area contributed by atoms with Crippen molar-refractivity contribution < 1.29 is 0 Å². The van der Waals surface area contributed by atoms with Crippen molar-refractivity contribution in [3.63, 3.8) is 0 Å². The third-order valence-corrected chi connectivity index (χ3v) is 3.68. The molecule has 5 nitrogen and oxygen atoms in total. The monoisotopic (exact) mass is 355 g/mol. The van der Waals surface area contributed by atoms with Crippen molar-refractivity contribution in [2.75, 3.05) is 10.6 Å². The van der Waals surface area contributed by atoms with Crippen LogP contribution in [0.3, 0.4) is 0 Å². The number of pyridine rings is 1. The second-order valence-electron chi connectivity index (χ2n) is 4.58. The lowest BCUT2D eigenvalue weighted by atomic mass is 10.3. The Morgan fingerprint density at radius 1 is 0.955 bits per heavy atom. The molecule has 2 heterocycles. The van der Waals surface area contributed by atoms with E-state index in [2.05, 4.69) is 41.5 Å². The number of rotatable bonds is 5. The highest BCUT2D eigenvalue weighted by atomic mass is 79.9. The first-order valence-electron chi connectivity index (χ1n) is 6.78. The largest absolute Gasteiger partial charge is 0.350 e. The summed E-state index contributed by atoms with van der Waals surface area (Å²) in [6.07, 6.45) is 5.26. The van der Waals surface area contributed by atoms with Crippen molar-refractivity contribution in [3.8, 4) is 0 Å². The number of nitrogens with zero attached hydrogens (tertiary/aromatic N) is 3. The van der Waals surface area contributed by atoms with Gasteiger partial charge in [0.15, 0.2) is 0 Å². The SMILES string of the molecule is Brc1ccccc1Nc1ccnc(NCc2ccncc2)n1. The normalized spacial score (nSPS) is 10.2. The Labute approximate surface area is 137 Å². The van der Waals surface area contributed by atoms with Crippen LogP contribution in [-0.2, 0) is 6.54 Å². The van der Waals surface area contributed by atoms with E-state index < -0.39 is 0 Å². The Morgan fingerprint density at radius 2 is 1.77 bits per heavy atom. The first-order valence-corrected chi connectivity index (χ1v) is 7.58. The Hall–Kier alpha value is -2.47. The quantitative estimate of drug-likeness (QED) is 0.724. The molecule has 0 unspecified atom stereocenters. The fraction of sp³-hybridized carbons (Fsp3) is 0.0625. The maximum atomic E-state index is 4.45. The number of hydrogen-bond acceptors (Lipinski definition) is 5. The van der Waals surface area contributed by atoms with E-state index >= 15 is 0 Å². The first kappa shape index (κ1) is 14.5. The second-order valence-corrected chi connectivity index (χ2v) is 5.43. The van der Waals surface area contributed by atoms with Crippen molar-refractivity contribution in [2.45, 2.75) is 6.54 Å². The van der Waals surface area contributed by atoms with E-state index in [1.54, 1.807) is 18.6 Å². The molecule has 0 spiro atoms. The molecule has 0 amide bonds. The molecule has 0 fully saturated rings. The first-order chi connectivity index (χ1) is 10.8. The maximum Gasteiger partial charge on any atom is 0.224 e. The zero-order valence-electron chi connectivity index (χ0n) is 11.7. The maximum absolute atomic E-state index is 4.45. The molecule has 2 aromatic heterocycles. The van der Waals surface area contributed by atoms with Crippen molar-refractivity contribution in [2.24, 2.45) is 0 Å². The number of para-hydroxylation sites is 1. The van der Waals surface area contributed by atoms with Gasteiger partial charge in [0.1, 0.15) is 5.82 Å². The van der Waals surface area contributed by atoms with Crippen LogP contribution >= 0.6 is 15.9 Å².